The Kier molecular flexibility index (Phi) is 4.62. The summed E-state index contributed by atoms with van der Waals surface area (Å²) in [5.41, 5.74) is 5.98. The lowest BCUT2D eigenvalue weighted by Crippen LogP contribution is -2.25. The van der Waals surface area contributed by atoms with Crippen molar-refractivity contribution in [2.75, 3.05) is 4.72 Å². The molecule has 0 aliphatic heterocycles. The number of nitrogens with two attached hydrogens (primary N) is 1. The van der Waals surface area contributed by atoms with Crippen LogP contribution in [0.15, 0.2) is 21.9 Å². The van der Waals surface area contributed by atoms with Crippen molar-refractivity contribution >= 4 is 26.5 Å². The third-order valence-corrected chi connectivity index (χ3v) is 5.29. The molecule has 7 nitrogen and oxygen atoms in total. The number of sulfonamides is 1. The zero-order chi connectivity index (χ0) is 15.5. The van der Waals surface area contributed by atoms with E-state index in [4.69, 9.17) is 15.4 Å². The number of thiazole rings is 1. The van der Waals surface area contributed by atoms with E-state index in [1.165, 1.54) is 0 Å². The number of nitriles is 1. The lowest BCUT2D eigenvalue weighted by Gasteiger charge is -2.08. The summed E-state index contributed by atoms with van der Waals surface area (Å²) in [4.78, 5) is 4.15. The van der Waals surface area contributed by atoms with Crippen LogP contribution in [0.3, 0.4) is 0 Å². The molecule has 112 valence electrons. The molecule has 1 unspecified atom stereocenters. The number of nitrogens with zero attached hydrogens (tertiary/aromatic N) is 2. The van der Waals surface area contributed by atoms with Gasteiger partial charge in [-0.15, -0.1) is 11.3 Å². The highest BCUT2D eigenvalue weighted by atomic mass is 32.2. The minimum Gasteiger partial charge on any atom is -0.458 e. The highest BCUT2D eigenvalue weighted by Crippen LogP contribution is 2.27. The molecule has 3 N–H and O–H groups in total. The van der Waals surface area contributed by atoms with Crippen molar-refractivity contribution < 1.29 is 12.8 Å². The molecular weight excluding hydrogens is 312 g/mol. The van der Waals surface area contributed by atoms with Crippen LogP contribution in [0.1, 0.15) is 19.1 Å². The first kappa shape index (κ1) is 15.5. The molecule has 0 amide bonds. The van der Waals surface area contributed by atoms with Crippen LogP contribution in [0.25, 0.3) is 11.5 Å². The van der Waals surface area contributed by atoms with E-state index in [0.717, 1.165) is 11.3 Å². The van der Waals surface area contributed by atoms with Gasteiger partial charge in [-0.1, -0.05) is 6.92 Å². The number of rotatable bonds is 6. The predicted molar refractivity (Wildman–Crippen MR) is 79.9 cm³/mol. The van der Waals surface area contributed by atoms with E-state index < -0.39 is 15.3 Å². The van der Waals surface area contributed by atoms with Gasteiger partial charge in [-0.05, 0) is 18.6 Å². The van der Waals surface area contributed by atoms with Crippen LogP contribution in [0, 0.1) is 11.3 Å². The van der Waals surface area contributed by atoms with Gasteiger partial charge in [-0.3, -0.25) is 4.72 Å². The van der Waals surface area contributed by atoms with Gasteiger partial charge in [-0.25, -0.2) is 13.4 Å². The van der Waals surface area contributed by atoms with Crippen molar-refractivity contribution in [1.82, 2.24) is 4.98 Å². The molecule has 21 heavy (non-hydrogen) atoms. The van der Waals surface area contributed by atoms with Crippen LogP contribution in [-0.4, -0.2) is 18.7 Å². The average Bonchev–Trinajstić information content (AvgIpc) is 3.07. The van der Waals surface area contributed by atoms with Crippen molar-refractivity contribution in [3.63, 3.8) is 0 Å². The fraction of sp³-hybridized carbons (Fsp3) is 0.333. The fourth-order valence-electron chi connectivity index (χ4n) is 1.63. The van der Waals surface area contributed by atoms with Gasteiger partial charge in [0.05, 0.1) is 12.6 Å². The maximum absolute atomic E-state index is 12.0. The Bertz CT molecular complexity index is 758. The molecule has 2 aromatic heterocycles. The van der Waals surface area contributed by atoms with E-state index in [1.807, 2.05) is 0 Å². The van der Waals surface area contributed by atoms with Gasteiger partial charge < -0.3 is 10.2 Å². The Morgan fingerprint density at radius 1 is 1.57 bits per heavy atom. The smallest absolute Gasteiger partial charge is 0.250 e. The van der Waals surface area contributed by atoms with Gasteiger partial charge in [0.2, 0.25) is 0 Å². The van der Waals surface area contributed by atoms with Crippen molar-refractivity contribution in [2.45, 2.75) is 25.1 Å². The minimum absolute atomic E-state index is 0.199. The molecule has 0 bridgehead atoms. The summed E-state index contributed by atoms with van der Waals surface area (Å²) in [7, 11) is -3.76. The first-order valence-electron chi connectivity index (χ1n) is 6.16. The van der Waals surface area contributed by atoms with E-state index in [0.29, 0.717) is 17.2 Å². The maximum atomic E-state index is 12.0. The second-order valence-corrected chi connectivity index (χ2v) is 6.90. The van der Waals surface area contributed by atoms with Crippen molar-refractivity contribution in [1.29, 1.82) is 5.26 Å². The van der Waals surface area contributed by atoms with Crippen LogP contribution >= 0.6 is 11.3 Å². The summed E-state index contributed by atoms with van der Waals surface area (Å²) in [6.07, 6.45) is 0.210. The number of anilines is 1. The van der Waals surface area contributed by atoms with Crippen molar-refractivity contribution in [2.24, 2.45) is 5.73 Å². The number of nitrogens with one attached hydrogen (secondary N) is 1. The average molecular weight is 326 g/mol. The minimum atomic E-state index is -3.76. The summed E-state index contributed by atoms with van der Waals surface area (Å²) in [5, 5.41) is 9.61. The van der Waals surface area contributed by atoms with E-state index in [-0.39, 0.29) is 18.1 Å². The molecule has 0 aliphatic carbocycles. The summed E-state index contributed by atoms with van der Waals surface area (Å²) in [6, 6.07) is 5.21. The van der Waals surface area contributed by atoms with Crippen molar-refractivity contribution in [3.8, 4) is 17.5 Å². The lowest BCUT2D eigenvalue weighted by atomic mass is 10.3. The summed E-state index contributed by atoms with van der Waals surface area (Å²) in [5.74, 6) is 1.14. The quantitative estimate of drug-likeness (QED) is 0.836. The maximum Gasteiger partial charge on any atom is 0.250 e. The molecule has 0 aliphatic rings. The van der Waals surface area contributed by atoms with Gasteiger partial charge >= 0.3 is 0 Å². The SMILES string of the molecule is CCC(C#N)S(=O)(=O)Nc1nc(-c2ccc(CN)o2)cs1. The fourth-order valence-corrected chi connectivity index (χ4v) is 3.72. The third kappa shape index (κ3) is 3.41. The molecule has 2 rings (SSSR count). The second-order valence-electron chi connectivity index (χ2n) is 4.18. The number of hydrogen-bond donors (Lipinski definition) is 2. The van der Waals surface area contributed by atoms with E-state index in [2.05, 4.69) is 9.71 Å². The Hall–Kier alpha value is -1.89. The molecule has 0 saturated heterocycles. The summed E-state index contributed by atoms with van der Waals surface area (Å²) >= 11 is 1.12. The monoisotopic (exact) mass is 326 g/mol. The Morgan fingerprint density at radius 2 is 2.33 bits per heavy atom. The molecule has 0 saturated carbocycles. The van der Waals surface area contributed by atoms with Gasteiger partial charge in [0.25, 0.3) is 10.0 Å². The van der Waals surface area contributed by atoms with Gasteiger partial charge in [0, 0.05) is 5.38 Å². The molecule has 0 radical (unpaired) electrons. The van der Waals surface area contributed by atoms with Crippen LogP contribution in [0.2, 0.25) is 0 Å². The Morgan fingerprint density at radius 3 is 2.90 bits per heavy atom. The zero-order valence-corrected chi connectivity index (χ0v) is 12.9. The molecular formula is C12H14N4O3S2. The van der Waals surface area contributed by atoms with E-state index in [9.17, 15) is 8.42 Å². The number of furan rings is 1. The lowest BCUT2D eigenvalue weighted by molar-refractivity contribution is 0.524. The Balaban J connectivity index is 2.19. The highest BCUT2D eigenvalue weighted by molar-refractivity contribution is 7.93. The standard InChI is InChI=1S/C12H14N4O3S2/c1-2-9(6-14)21(17,18)16-12-15-10(7-20-12)11-4-3-8(5-13)19-11/h3-4,7,9H,2,5,13H2,1H3,(H,15,16). The molecule has 0 fully saturated rings. The topological polar surface area (TPSA) is 122 Å². The van der Waals surface area contributed by atoms with Gasteiger partial charge in [0.1, 0.15) is 11.5 Å². The van der Waals surface area contributed by atoms with Crippen LogP contribution < -0.4 is 10.5 Å². The molecule has 9 heteroatoms. The number of aromatic nitrogens is 1. The first-order valence-corrected chi connectivity index (χ1v) is 8.58. The molecule has 0 aromatic carbocycles. The zero-order valence-electron chi connectivity index (χ0n) is 11.2. The summed E-state index contributed by atoms with van der Waals surface area (Å²) < 4.78 is 31.7. The Labute approximate surface area is 126 Å². The normalized spacial score (nSPS) is 12.8. The van der Waals surface area contributed by atoms with Gasteiger partial charge in [-0.2, -0.15) is 5.26 Å². The summed E-state index contributed by atoms with van der Waals surface area (Å²) in [6.45, 7) is 1.92. The predicted octanol–water partition coefficient (Wildman–Crippen LogP) is 1.91. The molecule has 2 aromatic rings. The highest BCUT2D eigenvalue weighted by Gasteiger charge is 2.24. The third-order valence-electron chi connectivity index (χ3n) is 2.74. The molecule has 1 atom stereocenters. The second kappa shape index (κ2) is 6.26. The van der Waals surface area contributed by atoms with Gasteiger partial charge in [0.15, 0.2) is 16.1 Å². The van der Waals surface area contributed by atoms with Crippen LogP contribution in [-0.2, 0) is 16.6 Å². The largest absolute Gasteiger partial charge is 0.458 e. The van der Waals surface area contributed by atoms with E-state index >= 15 is 0 Å². The van der Waals surface area contributed by atoms with Crippen LogP contribution in [0.4, 0.5) is 5.13 Å². The van der Waals surface area contributed by atoms with Crippen LogP contribution in [0.5, 0.6) is 0 Å². The van der Waals surface area contributed by atoms with Crippen molar-refractivity contribution in [3.05, 3.63) is 23.3 Å². The molecule has 0 spiro atoms. The first-order chi connectivity index (χ1) is 10.00. The number of hydrogen-bond acceptors (Lipinski definition) is 7. The van der Waals surface area contributed by atoms with E-state index in [1.54, 1.807) is 30.5 Å². The molecule has 2 heterocycles.